The Bertz CT molecular complexity index is 419. The minimum Gasteiger partial charge on any atom is -0.316 e. The van der Waals surface area contributed by atoms with Gasteiger partial charge in [0.2, 0.25) is 0 Å². The van der Waals surface area contributed by atoms with Crippen LogP contribution < -0.4 is 5.32 Å². The summed E-state index contributed by atoms with van der Waals surface area (Å²) in [4.78, 5) is 9.69. The molecule has 120 valence electrons. The average molecular weight is 291 g/mol. The minimum atomic E-state index is 0.0161. The molecule has 1 aromatic heterocycles. The minimum absolute atomic E-state index is 0.0161. The summed E-state index contributed by atoms with van der Waals surface area (Å²) in [6, 6.07) is 0. The van der Waals surface area contributed by atoms with Crippen LogP contribution in [-0.2, 0) is 24.7 Å². The van der Waals surface area contributed by atoms with Gasteiger partial charge in [-0.2, -0.15) is 0 Å². The van der Waals surface area contributed by atoms with Gasteiger partial charge in [-0.05, 0) is 43.8 Å². The van der Waals surface area contributed by atoms with Crippen molar-refractivity contribution in [2.45, 2.75) is 73.1 Å². The number of nitrogens with zero attached hydrogens (tertiary/aromatic N) is 2. The van der Waals surface area contributed by atoms with Crippen LogP contribution in [0, 0.1) is 5.92 Å². The van der Waals surface area contributed by atoms with Gasteiger partial charge in [-0.3, -0.25) is 0 Å². The lowest BCUT2D eigenvalue weighted by Gasteiger charge is -2.21. The second-order valence-corrected chi connectivity index (χ2v) is 7.22. The zero-order valence-electron chi connectivity index (χ0n) is 15.0. The molecule has 0 fully saturated rings. The van der Waals surface area contributed by atoms with Gasteiger partial charge in [0.15, 0.2) is 0 Å². The summed E-state index contributed by atoms with van der Waals surface area (Å²) in [6.45, 7) is 17.5. The van der Waals surface area contributed by atoms with Crippen molar-refractivity contribution in [2.24, 2.45) is 5.92 Å². The fourth-order valence-corrected chi connectivity index (χ4v) is 2.40. The zero-order valence-corrected chi connectivity index (χ0v) is 15.0. The second-order valence-electron chi connectivity index (χ2n) is 7.22. The van der Waals surface area contributed by atoms with Crippen molar-refractivity contribution in [3.63, 3.8) is 0 Å². The first kappa shape index (κ1) is 18.1. The molecule has 3 heteroatoms. The normalized spacial score (nSPS) is 12.2. The van der Waals surface area contributed by atoms with Crippen LogP contribution in [0.4, 0.5) is 0 Å². The third-order valence-corrected chi connectivity index (χ3v) is 3.62. The van der Waals surface area contributed by atoms with E-state index < -0.39 is 0 Å². The molecule has 1 aromatic rings. The molecule has 1 N–H and O–H groups in total. The van der Waals surface area contributed by atoms with Gasteiger partial charge in [0.25, 0.3) is 0 Å². The van der Waals surface area contributed by atoms with Gasteiger partial charge >= 0.3 is 0 Å². The van der Waals surface area contributed by atoms with Crippen LogP contribution in [-0.4, -0.2) is 23.1 Å². The number of hydrogen-bond donors (Lipinski definition) is 1. The van der Waals surface area contributed by atoms with E-state index in [1.807, 2.05) is 0 Å². The first-order valence-corrected chi connectivity index (χ1v) is 8.39. The lowest BCUT2D eigenvalue weighted by atomic mass is 9.94. The predicted octanol–water partition coefficient (Wildman–Crippen LogP) is 3.69. The largest absolute Gasteiger partial charge is 0.316 e. The molecule has 0 aliphatic carbocycles. The monoisotopic (exact) mass is 291 g/mol. The second kappa shape index (κ2) is 7.88. The van der Waals surface area contributed by atoms with Gasteiger partial charge in [-0.15, -0.1) is 0 Å². The first-order chi connectivity index (χ1) is 9.79. The Kier molecular flexibility index (Phi) is 6.79. The average Bonchev–Trinajstić information content (AvgIpc) is 2.41. The van der Waals surface area contributed by atoms with Crippen LogP contribution in [0.5, 0.6) is 0 Å². The Labute approximate surface area is 131 Å². The molecule has 0 bridgehead atoms. The van der Waals surface area contributed by atoms with Crippen LogP contribution in [0.1, 0.15) is 71.2 Å². The summed E-state index contributed by atoms with van der Waals surface area (Å²) in [7, 11) is 0. The molecule has 3 nitrogen and oxygen atoms in total. The van der Waals surface area contributed by atoms with Gasteiger partial charge in [0.05, 0.1) is 0 Å². The van der Waals surface area contributed by atoms with Gasteiger partial charge in [0, 0.05) is 16.8 Å². The Morgan fingerprint density at radius 1 is 1.00 bits per heavy atom. The summed E-state index contributed by atoms with van der Waals surface area (Å²) in [6.07, 6.45) is 3.00. The molecule has 0 aliphatic rings. The SMILES string of the molecule is CCc1nc(C(C)(C)C)nc(CC)c1CCNCC(C)C. The summed E-state index contributed by atoms with van der Waals surface area (Å²) in [5.41, 5.74) is 3.85. The smallest absolute Gasteiger partial charge is 0.134 e. The Morgan fingerprint density at radius 3 is 1.90 bits per heavy atom. The molecular weight excluding hydrogens is 258 g/mol. The highest BCUT2D eigenvalue weighted by molar-refractivity contribution is 5.28. The maximum Gasteiger partial charge on any atom is 0.134 e. The summed E-state index contributed by atoms with van der Waals surface area (Å²) in [5, 5.41) is 3.53. The highest BCUT2D eigenvalue weighted by Gasteiger charge is 2.21. The number of rotatable bonds is 7. The van der Waals surface area contributed by atoms with E-state index in [1.165, 1.54) is 17.0 Å². The molecule has 0 spiro atoms. The maximum atomic E-state index is 4.85. The van der Waals surface area contributed by atoms with E-state index in [0.717, 1.165) is 38.2 Å². The maximum absolute atomic E-state index is 4.85. The summed E-state index contributed by atoms with van der Waals surface area (Å²) < 4.78 is 0. The standard InChI is InChI=1S/C18H33N3/c1-8-15-14(10-11-19-12-13(3)4)16(9-2)21-17(20-15)18(5,6)7/h13,19H,8-12H2,1-7H3. The molecular formula is C18H33N3. The van der Waals surface area contributed by atoms with Crippen molar-refractivity contribution in [2.75, 3.05) is 13.1 Å². The van der Waals surface area contributed by atoms with Crippen LogP contribution in [0.3, 0.4) is 0 Å². The summed E-state index contributed by atoms with van der Waals surface area (Å²) >= 11 is 0. The number of aromatic nitrogens is 2. The lowest BCUT2D eigenvalue weighted by Crippen LogP contribution is -2.25. The molecule has 0 amide bonds. The van der Waals surface area contributed by atoms with Crippen molar-refractivity contribution >= 4 is 0 Å². The van der Waals surface area contributed by atoms with Gasteiger partial charge in [0.1, 0.15) is 5.82 Å². The summed E-state index contributed by atoms with van der Waals surface area (Å²) in [5.74, 6) is 1.68. The molecule has 0 radical (unpaired) electrons. The van der Waals surface area contributed by atoms with E-state index in [-0.39, 0.29) is 5.41 Å². The van der Waals surface area contributed by atoms with Crippen molar-refractivity contribution in [1.82, 2.24) is 15.3 Å². The highest BCUT2D eigenvalue weighted by atomic mass is 14.9. The van der Waals surface area contributed by atoms with E-state index in [4.69, 9.17) is 9.97 Å². The topological polar surface area (TPSA) is 37.8 Å². The third kappa shape index (κ3) is 5.39. The van der Waals surface area contributed by atoms with Gasteiger partial charge in [-0.1, -0.05) is 48.5 Å². The van der Waals surface area contributed by atoms with E-state index in [1.54, 1.807) is 0 Å². The van der Waals surface area contributed by atoms with Gasteiger partial charge < -0.3 is 5.32 Å². The van der Waals surface area contributed by atoms with E-state index in [0.29, 0.717) is 5.92 Å². The third-order valence-electron chi connectivity index (χ3n) is 3.62. The fourth-order valence-electron chi connectivity index (χ4n) is 2.40. The Balaban J connectivity index is 2.96. The molecule has 0 unspecified atom stereocenters. The van der Waals surface area contributed by atoms with Crippen LogP contribution in [0.25, 0.3) is 0 Å². The van der Waals surface area contributed by atoms with Crippen LogP contribution >= 0.6 is 0 Å². The lowest BCUT2D eigenvalue weighted by molar-refractivity contribution is 0.531. The quantitative estimate of drug-likeness (QED) is 0.779. The Morgan fingerprint density at radius 2 is 1.52 bits per heavy atom. The van der Waals surface area contributed by atoms with E-state index in [2.05, 4.69) is 53.8 Å². The molecule has 0 saturated heterocycles. The molecule has 1 heterocycles. The molecule has 1 rings (SSSR count). The molecule has 0 aliphatic heterocycles. The molecule has 0 saturated carbocycles. The highest BCUT2D eigenvalue weighted by Crippen LogP contribution is 2.22. The zero-order chi connectivity index (χ0) is 16.0. The fraction of sp³-hybridized carbons (Fsp3) is 0.778. The van der Waals surface area contributed by atoms with Gasteiger partial charge in [-0.25, -0.2) is 9.97 Å². The molecule has 21 heavy (non-hydrogen) atoms. The van der Waals surface area contributed by atoms with Crippen molar-refractivity contribution in [1.29, 1.82) is 0 Å². The molecule has 0 atom stereocenters. The predicted molar refractivity (Wildman–Crippen MR) is 90.9 cm³/mol. The van der Waals surface area contributed by atoms with Crippen molar-refractivity contribution < 1.29 is 0 Å². The van der Waals surface area contributed by atoms with E-state index in [9.17, 15) is 0 Å². The Hall–Kier alpha value is -0.960. The van der Waals surface area contributed by atoms with Crippen LogP contribution in [0.2, 0.25) is 0 Å². The molecule has 0 aromatic carbocycles. The first-order valence-electron chi connectivity index (χ1n) is 8.39. The number of aryl methyl sites for hydroxylation is 2. The van der Waals surface area contributed by atoms with Crippen molar-refractivity contribution in [3.8, 4) is 0 Å². The van der Waals surface area contributed by atoms with Crippen molar-refractivity contribution in [3.05, 3.63) is 22.8 Å². The number of nitrogens with one attached hydrogen (secondary N) is 1. The van der Waals surface area contributed by atoms with Crippen LogP contribution in [0.15, 0.2) is 0 Å². The number of hydrogen-bond acceptors (Lipinski definition) is 3. The van der Waals surface area contributed by atoms with E-state index >= 15 is 0 Å².